The molecule has 0 radical (unpaired) electrons. The van der Waals surface area contributed by atoms with Gasteiger partial charge >= 0.3 is 11.8 Å². The van der Waals surface area contributed by atoms with Crippen LogP contribution >= 0.6 is 0 Å². The summed E-state index contributed by atoms with van der Waals surface area (Å²) >= 11 is 0. The van der Waals surface area contributed by atoms with Gasteiger partial charge in [-0.05, 0) is 67.4 Å². The molecule has 0 spiro atoms. The summed E-state index contributed by atoms with van der Waals surface area (Å²) in [5.41, 5.74) is 5.74. The van der Waals surface area contributed by atoms with Crippen LogP contribution in [-0.2, 0) is 14.4 Å². The number of carbonyl (C=O) groups is 3. The van der Waals surface area contributed by atoms with Crippen molar-refractivity contribution in [2.24, 2.45) is 5.10 Å². The van der Waals surface area contributed by atoms with Gasteiger partial charge in [0.1, 0.15) is 11.5 Å². The number of para-hydroxylation sites is 1. The minimum absolute atomic E-state index is 0.235. The molecule has 0 aliphatic carbocycles. The van der Waals surface area contributed by atoms with E-state index in [1.807, 2.05) is 19.9 Å². The van der Waals surface area contributed by atoms with E-state index in [1.54, 1.807) is 67.8 Å². The van der Waals surface area contributed by atoms with Crippen LogP contribution in [0.2, 0.25) is 0 Å². The van der Waals surface area contributed by atoms with Crippen LogP contribution in [0.3, 0.4) is 0 Å². The molecular formula is C26H26N4O5. The second-order valence-electron chi connectivity index (χ2n) is 7.50. The minimum Gasteiger partial charge on any atom is -0.497 e. The summed E-state index contributed by atoms with van der Waals surface area (Å²) < 4.78 is 10.7. The number of aryl methyl sites for hydroxylation is 1. The first-order valence-corrected chi connectivity index (χ1v) is 10.7. The summed E-state index contributed by atoms with van der Waals surface area (Å²) in [6.07, 6.45) is 1.33. The first-order valence-electron chi connectivity index (χ1n) is 10.7. The number of amides is 3. The maximum atomic E-state index is 12.2. The Morgan fingerprint density at radius 3 is 2.37 bits per heavy atom. The van der Waals surface area contributed by atoms with Gasteiger partial charge in [-0.15, -0.1) is 0 Å². The third-order valence-electron chi connectivity index (χ3n) is 5.08. The summed E-state index contributed by atoms with van der Waals surface area (Å²) in [7, 11) is 1.56. The largest absolute Gasteiger partial charge is 0.497 e. The van der Waals surface area contributed by atoms with Crippen molar-refractivity contribution in [1.29, 1.82) is 0 Å². The number of benzene rings is 3. The van der Waals surface area contributed by atoms with E-state index in [0.717, 1.165) is 11.1 Å². The molecule has 3 amide bonds. The predicted octanol–water partition coefficient (Wildman–Crippen LogP) is 3.42. The average Bonchev–Trinajstić information content (AvgIpc) is 2.86. The lowest BCUT2D eigenvalue weighted by molar-refractivity contribution is -0.136. The van der Waals surface area contributed by atoms with Crippen molar-refractivity contribution in [3.63, 3.8) is 0 Å². The summed E-state index contributed by atoms with van der Waals surface area (Å²) in [6.45, 7) is 3.54. The van der Waals surface area contributed by atoms with Crippen LogP contribution in [-0.4, -0.2) is 37.7 Å². The van der Waals surface area contributed by atoms with Crippen LogP contribution in [0.15, 0.2) is 71.8 Å². The van der Waals surface area contributed by atoms with E-state index in [9.17, 15) is 14.4 Å². The fourth-order valence-electron chi connectivity index (χ4n) is 3.01. The van der Waals surface area contributed by atoms with Crippen molar-refractivity contribution >= 4 is 35.3 Å². The number of hydrogen-bond acceptors (Lipinski definition) is 6. The molecule has 0 aliphatic heterocycles. The molecule has 0 heterocycles. The third kappa shape index (κ3) is 7.16. The number of hydrazone groups is 1. The lowest BCUT2D eigenvalue weighted by Gasteiger charge is -2.10. The highest BCUT2D eigenvalue weighted by Crippen LogP contribution is 2.18. The van der Waals surface area contributed by atoms with Gasteiger partial charge in [0.2, 0.25) is 0 Å². The molecule has 9 heteroatoms. The van der Waals surface area contributed by atoms with Gasteiger partial charge in [0.15, 0.2) is 6.61 Å². The number of anilines is 2. The van der Waals surface area contributed by atoms with E-state index in [4.69, 9.17) is 9.47 Å². The Labute approximate surface area is 203 Å². The zero-order chi connectivity index (χ0) is 25.2. The number of ether oxygens (including phenoxy) is 2. The number of nitrogens with one attached hydrogen (secondary N) is 3. The van der Waals surface area contributed by atoms with Crippen molar-refractivity contribution in [2.45, 2.75) is 13.8 Å². The predicted molar refractivity (Wildman–Crippen MR) is 134 cm³/mol. The molecule has 3 N–H and O–H groups in total. The Morgan fingerprint density at radius 2 is 1.63 bits per heavy atom. The van der Waals surface area contributed by atoms with Crippen LogP contribution < -0.4 is 25.5 Å². The molecule has 35 heavy (non-hydrogen) atoms. The van der Waals surface area contributed by atoms with E-state index < -0.39 is 11.8 Å². The zero-order valence-electron chi connectivity index (χ0n) is 19.6. The van der Waals surface area contributed by atoms with Crippen molar-refractivity contribution in [1.82, 2.24) is 5.43 Å². The summed E-state index contributed by atoms with van der Waals surface area (Å²) in [4.78, 5) is 36.5. The molecule has 0 aliphatic rings. The van der Waals surface area contributed by atoms with Gasteiger partial charge in [-0.3, -0.25) is 14.4 Å². The molecular weight excluding hydrogens is 448 g/mol. The molecule has 9 nitrogen and oxygen atoms in total. The van der Waals surface area contributed by atoms with E-state index in [0.29, 0.717) is 28.4 Å². The highest BCUT2D eigenvalue weighted by molar-refractivity contribution is 6.39. The summed E-state index contributed by atoms with van der Waals surface area (Å²) in [6, 6.07) is 19.2. The Balaban J connectivity index is 1.53. The first-order chi connectivity index (χ1) is 16.9. The molecule has 0 aromatic heterocycles. The van der Waals surface area contributed by atoms with Gasteiger partial charge in [-0.1, -0.05) is 24.3 Å². The average molecular weight is 475 g/mol. The molecule has 0 fully saturated rings. The molecule has 180 valence electrons. The molecule has 0 unspecified atom stereocenters. The first kappa shape index (κ1) is 25.0. The zero-order valence-corrected chi connectivity index (χ0v) is 19.6. The van der Waals surface area contributed by atoms with E-state index in [-0.39, 0.29) is 12.5 Å². The van der Waals surface area contributed by atoms with Gasteiger partial charge in [0, 0.05) is 16.9 Å². The molecule has 3 aromatic rings. The quantitative estimate of drug-likeness (QED) is 0.263. The van der Waals surface area contributed by atoms with Crippen molar-refractivity contribution in [3.8, 4) is 11.5 Å². The van der Waals surface area contributed by atoms with Gasteiger partial charge < -0.3 is 20.1 Å². The van der Waals surface area contributed by atoms with Gasteiger partial charge in [0.25, 0.3) is 5.91 Å². The monoisotopic (exact) mass is 474 g/mol. The van der Waals surface area contributed by atoms with E-state index in [1.165, 1.54) is 6.21 Å². The lowest BCUT2D eigenvalue weighted by Crippen LogP contribution is -2.32. The minimum atomic E-state index is -0.917. The molecule has 0 saturated carbocycles. The molecule has 0 saturated heterocycles. The third-order valence-corrected chi connectivity index (χ3v) is 5.08. The van der Waals surface area contributed by atoms with Crippen LogP contribution in [0.25, 0.3) is 0 Å². The molecule has 3 aromatic carbocycles. The SMILES string of the molecule is COc1ccc(NC(=O)COc2ccccc2/C=N\NC(=O)C(=O)Nc2cccc(C)c2C)cc1. The summed E-state index contributed by atoms with van der Waals surface area (Å²) in [5.74, 6) is -1.04. The Bertz CT molecular complexity index is 1240. The number of carbonyl (C=O) groups excluding carboxylic acids is 3. The Morgan fingerprint density at radius 1 is 0.886 bits per heavy atom. The van der Waals surface area contributed by atoms with E-state index in [2.05, 4.69) is 21.2 Å². The van der Waals surface area contributed by atoms with Crippen molar-refractivity contribution < 1.29 is 23.9 Å². The second kappa shape index (κ2) is 12.0. The second-order valence-corrected chi connectivity index (χ2v) is 7.50. The standard InChI is InChI=1S/C26H26N4O5/c1-17-7-6-9-22(18(17)2)29-25(32)26(33)30-27-15-19-8-4-5-10-23(19)35-16-24(31)28-20-11-13-21(34-3)14-12-20/h4-15H,16H2,1-3H3,(H,28,31)(H,29,32)(H,30,33)/b27-15-. The number of nitrogens with zero attached hydrogens (tertiary/aromatic N) is 1. The molecule has 0 atom stereocenters. The van der Waals surface area contributed by atoms with Crippen molar-refractivity contribution in [2.75, 3.05) is 24.4 Å². The number of methoxy groups -OCH3 is 1. The molecule has 0 bridgehead atoms. The van der Waals surface area contributed by atoms with Crippen LogP contribution in [0.5, 0.6) is 11.5 Å². The fraction of sp³-hybridized carbons (Fsp3) is 0.154. The van der Waals surface area contributed by atoms with Crippen LogP contribution in [0, 0.1) is 13.8 Å². The van der Waals surface area contributed by atoms with Crippen molar-refractivity contribution in [3.05, 3.63) is 83.4 Å². The van der Waals surface area contributed by atoms with Crippen LogP contribution in [0.4, 0.5) is 11.4 Å². The van der Waals surface area contributed by atoms with Gasteiger partial charge in [-0.2, -0.15) is 5.10 Å². The van der Waals surface area contributed by atoms with Crippen LogP contribution in [0.1, 0.15) is 16.7 Å². The van der Waals surface area contributed by atoms with Gasteiger partial charge in [0.05, 0.1) is 13.3 Å². The number of rotatable bonds is 8. The Kier molecular flexibility index (Phi) is 8.55. The van der Waals surface area contributed by atoms with E-state index >= 15 is 0 Å². The number of hydrogen-bond donors (Lipinski definition) is 3. The maximum Gasteiger partial charge on any atom is 0.329 e. The summed E-state index contributed by atoms with van der Waals surface area (Å²) in [5, 5.41) is 9.13. The fourth-order valence-corrected chi connectivity index (χ4v) is 3.01. The normalized spacial score (nSPS) is 10.5. The Hall–Kier alpha value is -4.66. The van der Waals surface area contributed by atoms with Gasteiger partial charge in [-0.25, -0.2) is 5.43 Å². The highest BCUT2D eigenvalue weighted by atomic mass is 16.5. The smallest absolute Gasteiger partial charge is 0.329 e. The highest BCUT2D eigenvalue weighted by Gasteiger charge is 2.14. The topological polar surface area (TPSA) is 118 Å². The lowest BCUT2D eigenvalue weighted by atomic mass is 10.1. The maximum absolute atomic E-state index is 12.2. The molecule has 3 rings (SSSR count).